The van der Waals surface area contributed by atoms with E-state index in [1.807, 2.05) is 38.1 Å². The lowest BCUT2D eigenvalue weighted by atomic mass is 10.1. The molecule has 1 aromatic carbocycles. The SMILES string of the molecule is COc1ccc(C=CC(=O)c2cnn(C(C)C)c2)cc1. The van der Waals surface area contributed by atoms with Gasteiger partial charge in [-0.05, 0) is 37.6 Å². The van der Waals surface area contributed by atoms with E-state index in [9.17, 15) is 4.79 Å². The van der Waals surface area contributed by atoms with Gasteiger partial charge in [0.25, 0.3) is 0 Å². The van der Waals surface area contributed by atoms with Gasteiger partial charge in [0.2, 0.25) is 0 Å². The second-order valence-corrected chi connectivity index (χ2v) is 4.77. The number of aromatic nitrogens is 2. The van der Waals surface area contributed by atoms with Gasteiger partial charge in [-0.25, -0.2) is 0 Å². The van der Waals surface area contributed by atoms with Crippen LogP contribution in [0.25, 0.3) is 6.08 Å². The summed E-state index contributed by atoms with van der Waals surface area (Å²) in [6.45, 7) is 4.04. The second kappa shape index (κ2) is 6.19. The van der Waals surface area contributed by atoms with Crippen LogP contribution in [0.1, 0.15) is 35.8 Å². The normalized spacial score (nSPS) is 11.2. The summed E-state index contributed by atoms with van der Waals surface area (Å²) in [4.78, 5) is 12.0. The van der Waals surface area contributed by atoms with Gasteiger partial charge in [-0.3, -0.25) is 9.48 Å². The van der Waals surface area contributed by atoms with E-state index in [1.165, 1.54) is 0 Å². The number of carbonyl (C=O) groups excluding carboxylic acids is 1. The minimum atomic E-state index is -0.0484. The Morgan fingerprint density at radius 2 is 2.00 bits per heavy atom. The summed E-state index contributed by atoms with van der Waals surface area (Å²) in [6.07, 6.45) is 6.71. The molecule has 0 radical (unpaired) electrons. The van der Waals surface area contributed by atoms with Crippen molar-refractivity contribution in [3.05, 3.63) is 53.9 Å². The van der Waals surface area contributed by atoms with Crippen LogP contribution in [-0.4, -0.2) is 22.7 Å². The van der Waals surface area contributed by atoms with Crippen molar-refractivity contribution in [1.29, 1.82) is 0 Å². The summed E-state index contributed by atoms with van der Waals surface area (Å²) in [5.41, 5.74) is 1.55. The molecule has 0 bridgehead atoms. The zero-order chi connectivity index (χ0) is 14.5. The minimum Gasteiger partial charge on any atom is -0.497 e. The highest BCUT2D eigenvalue weighted by atomic mass is 16.5. The summed E-state index contributed by atoms with van der Waals surface area (Å²) < 4.78 is 6.86. The van der Waals surface area contributed by atoms with E-state index in [0.717, 1.165) is 11.3 Å². The lowest BCUT2D eigenvalue weighted by molar-refractivity contribution is 0.104. The van der Waals surface area contributed by atoms with Gasteiger partial charge in [-0.15, -0.1) is 0 Å². The number of hydrogen-bond acceptors (Lipinski definition) is 3. The molecule has 0 N–H and O–H groups in total. The third-order valence-corrected chi connectivity index (χ3v) is 2.96. The van der Waals surface area contributed by atoms with Gasteiger partial charge in [0.15, 0.2) is 5.78 Å². The molecule has 0 saturated heterocycles. The maximum Gasteiger partial charge on any atom is 0.189 e. The number of ketones is 1. The van der Waals surface area contributed by atoms with Gasteiger partial charge in [-0.1, -0.05) is 18.2 Å². The first kappa shape index (κ1) is 14.1. The fourth-order valence-electron chi connectivity index (χ4n) is 1.73. The van der Waals surface area contributed by atoms with Gasteiger partial charge in [-0.2, -0.15) is 5.10 Å². The molecule has 0 spiro atoms. The molecule has 0 aliphatic rings. The third-order valence-electron chi connectivity index (χ3n) is 2.96. The van der Waals surface area contributed by atoms with E-state index in [1.54, 1.807) is 36.3 Å². The number of ether oxygens (including phenoxy) is 1. The average Bonchev–Trinajstić information content (AvgIpc) is 2.95. The first-order valence-electron chi connectivity index (χ1n) is 6.51. The van der Waals surface area contributed by atoms with Crippen LogP contribution in [-0.2, 0) is 0 Å². The largest absolute Gasteiger partial charge is 0.497 e. The predicted molar refractivity (Wildman–Crippen MR) is 79.0 cm³/mol. The Bertz CT molecular complexity index is 610. The molecular formula is C16H18N2O2. The summed E-state index contributed by atoms with van der Waals surface area (Å²) in [5, 5.41) is 4.16. The number of rotatable bonds is 5. The van der Waals surface area contributed by atoms with Gasteiger partial charge >= 0.3 is 0 Å². The monoisotopic (exact) mass is 270 g/mol. The van der Waals surface area contributed by atoms with E-state index in [-0.39, 0.29) is 11.8 Å². The molecule has 0 saturated carbocycles. The molecule has 4 nitrogen and oxygen atoms in total. The van der Waals surface area contributed by atoms with Gasteiger partial charge in [0.05, 0.1) is 18.9 Å². The van der Waals surface area contributed by atoms with Crippen LogP contribution in [0.5, 0.6) is 5.75 Å². The van der Waals surface area contributed by atoms with E-state index in [2.05, 4.69) is 5.10 Å². The van der Waals surface area contributed by atoms with E-state index < -0.39 is 0 Å². The third kappa shape index (κ3) is 3.35. The molecule has 0 atom stereocenters. The number of methoxy groups -OCH3 is 1. The fraction of sp³-hybridized carbons (Fsp3) is 0.250. The van der Waals surface area contributed by atoms with Crippen molar-refractivity contribution in [2.45, 2.75) is 19.9 Å². The van der Waals surface area contributed by atoms with E-state index in [4.69, 9.17) is 4.74 Å². The van der Waals surface area contributed by atoms with Crippen molar-refractivity contribution in [1.82, 2.24) is 9.78 Å². The molecule has 0 unspecified atom stereocenters. The van der Waals surface area contributed by atoms with Crippen LogP contribution in [0, 0.1) is 0 Å². The molecule has 0 aliphatic heterocycles. The van der Waals surface area contributed by atoms with Crippen LogP contribution in [0.2, 0.25) is 0 Å². The first-order chi connectivity index (χ1) is 9.60. The summed E-state index contributed by atoms with van der Waals surface area (Å²) >= 11 is 0. The zero-order valence-corrected chi connectivity index (χ0v) is 11.9. The molecule has 0 amide bonds. The van der Waals surface area contributed by atoms with Gasteiger partial charge < -0.3 is 4.74 Å². The van der Waals surface area contributed by atoms with E-state index in [0.29, 0.717) is 5.56 Å². The topological polar surface area (TPSA) is 44.1 Å². The Balaban J connectivity index is 2.07. The Labute approximate surface area is 118 Å². The van der Waals surface area contributed by atoms with Crippen molar-refractivity contribution in [2.24, 2.45) is 0 Å². The summed E-state index contributed by atoms with van der Waals surface area (Å²) in [6, 6.07) is 7.78. The highest BCUT2D eigenvalue weighted by Gasteiger charge is 2.06. The number of hydrogen-bond donors (Lipinski definition) is 0. The molecule has 1 heterocycles. The quantitative estimate of drug-likeness (QED) is 0.618. The van der Waals surface area contributed by atoms with Crippen LogP contribution in [0.15, 0.2) is 42.7 Å². The summed E-state index contributed by atoms with van der Waals surface area (Å²) in [7, 11) is 1.63. The highest BCUT2D eigenvalue weighted by molar-refractivity contribution is 6.06. The van der Waals surface area contributed by atoms with E-state index >= 15 is 0 Å². The molecule has 1 aromatic heterocycles. The number of carbonyl (C=O) groups is 1. The molecule has 104 valence electrons. The molecule has 2 aromatic rings. The Morgan fingerprint density at radius 1 is 1.30 bits per heavy atom. The van der Waals surface area contributed by atoms with Crippen LogP contribution < -0.4 is 4.74 Å². The minimum absolute atomic E-state index is 0.0484. The zero-order valence-electron chi connectivity index (χ0n) is 11.9. The Hall–Kier alpha value is -2.36. The Kier molecular flexibility index (Phi) is 4.35. The average molecular weight is 270 g/mol. The van der Waals surface area contributed by atoms with Crippen molar-refractivity contribution < 1.29 is 9.53 Å². The standard InChI is InChI=1S/C16H18N2O2/c1-12(2)18-11-14(10-17-18)16(19)9-6-13-4-7-15(20-3)8-5-13/h4-12H,1-3H3. The second-order valence-electron chi connectivity index (χ2n) is 4.77. The molecule has 4 heteroatoms. The number of benzene rings is 1. The highest BCUT2D eigenvalue weighted by Crippen LogP contribution is 2.13. The smallest absolute Gasteiger partial charge is 0.189 e. The predicted octanol–water partition coefficient (Wildman–Crippen LogP) is 3.37. The van der Waals surface area contributed by atoms with Gasteiger partial charge in [0, 0.05) is 12.2 Å². The Morgan fingerprint density at radius 3 is 2.55 bits per heavy atom. The molecular weight excluding hydrogens is 252 g/mol. The molecule has 0 fully saturated rings. The van der Waals surface area contributed by atoms with Crippen molar-refractivity contribution >= 4 is 11.9 Å². The van der Waals surface area contributed by atoms with Crippen LogP contribution >= 0.6 is 0 Å². The lowest BCUT2D eigenvalue weighted by Gasteiger charge is -2.02. The number of allylic oxidation sites excluding steroid dienone is 1. The fourth-order valence-corrected chi connectivity index (χ4v) is 1.73. The van der Waals surface area contributed by atoms with Crippen molar-refractivity contribution in [2.75, 3.05) is 7.11 Å². The molecule has 0 aliphatic carbocycles. The van der Waals surface area contributed by atoms with Crippen LogP contribution in [0.3, 0.4) is 0 Å². The number of nitrogens with zero attached hydrogens (tertiary/aromatic N) is 2. The maximum absolute atomic E-state index is 12.0. The van der Waals surface area contributed by atoms with Crippen molar-refractivity contribution in [3.8, 4) is 5.75 Å². The lowest BCUT2D eigenvalue weighted by Crippen LogP contribution is -2.00. The summed E-state index contributed by atoms with van der Waals surface area (Å²) in [5.74, 6) is 0.749. The first-order valence-corrected chi connectivity index (χ1v) is 6.51. The van der Waals surface area contributed by atoms with Gasteiger partial charge in [0.1, 0.15) is 5.75 Å². The molecule has 2 rings (SSSR count). The van der Waals surface area contributed by atoms with Crippen LogP contribution in [0.4, 0.5) is 0 Å². The van der Waals surface area contributed by atoms with Crippen molar-refractivity contribution in [3.63, 3.8) is 0 Å². The maximum atomic E-state index is 12.0. The molecule has 20 heavy (non-hydrogen) atoms.